The summed E-state index contributed by atoms with van der Waals surface area (Å²) in [5.41, 5.74) is 0.701. The van der Waals surface area contributed by atoms with Crippen molar-refractivity contribution in [3.05, 3.63) is 58.7 Å². The standard InChI is InChI=1S/C11H10NO2S2/c1-16(13,14)10(11-12-7-8-15-11)9-5-3-2-4-6-9/h2-8,10H,1H2. The summed E-state index contributed by atoms with van der Waals surface area (Å²) < 4.78 is 23.4. The van der Waals surface area contributed by atoms with Crippen LogP contribution < -0.4 is 0 Å². The Kier molecular flexibility index (Phi) is 3.07. The molecule has 5 heteroatoms. The van der Waals surface area contributed by atoms with E-state index in [0.717, 1.165) is 0 Å². The highest BCUT2D eigenvalue weighted by atomic mass is 32.2. The quantitative estimate of drug-likeness (QED) is 0.843. The van der Waals surface area contributed by atoms with E-state index >= 15 is 0 Å². The highest BCUT2D eigenvalue weighted by Gasteiger charge is 2.26. The third-order valence-electron chi connectivity index (χ3n) is 2.14. The van der Waals surface area contributed by atoms with Crippen LogP contribution in [0.5, 0.6) is 0 Å². The van der Waals surface area contributed by atoms with Gasteiger partial charge in [0.15, 0.2) is 9.84 Å². The van der Waals surface area contributed by atoms with E-state index in [1.807, 2.05) is 6.07 Å². The molecule has 1 aromatic carbocycles. The second-order valence-electron chi connectivity index (χ2n) is 3.32. The van der Waals surface area contributed by atoms with Crippen molar-refractivity contribution in [2.75, 3.05) is 0 Å². The number of aromatic nitrogens is 1. The maximum Gasteiger partial charge on any atom is 0.164 e. The molecule has 1 radical (unpaired) electrons. The fourth-order valence-electron chi connectivity index (χ4n) is 1.50. The minimum Gasteiger partial charge on any atom is -0.248 e. The Labute approximate surface area is 98.7 Å². The maximum atomic E-state index is 11.7. The van der Waals surface area contributed by atoms with Crippen molar-refractivity contribution in [3.63, 3.8) is 0 Å². The van der Waals surface area contributed by atoms with Gasteiger partial charge >= 0.3 is 0 Å². The molecule has 0 aliphatic rings. The van der Waals surface area contributed by atoms with Crippen LogP contribution in [0, 0.1) is 6.26 Å². The molecular weight excluding hydrogens is 242 g/mol. The Bertz CT molecular complexity index is 547. The van der Waals surface area contributed by atoms with Crippen molar-refractivity contribution in [1.29, 1.82) is 0 Å². The van der Waals surface area contributed by atoms with E-state index in [1.165, 1.54) is 11.3 Å². The van der Waals surface area contributed by atoms with Gasteiger partial charge in [0, 0.05) is 11.6 Å². The smallest absolute Gasteiger partial charge is 0.164 e. The lowest BCUT2D eigenvalue weighted by Gasteiger charge is -2.12. The largest absolute Gasteiger partial charge is 0.248 e. The molecule has 1 aromatic heterocycles. The Morgan fingerprint density at radius 2 is 1.94 bits per heavy atom. The first-order valence-corrected chi connectivity index (χ1v) is 7.20. The van der Waals surface area contributed by atoms with Crippen molar-refractivity contribution < 1.29 is 8.42 Å². The lowest BCUT2D eigenvalue weighted by molar-refractivity contribution is 0.597. The fourth-order valence-corrected chi connectivity index (χ4v) is 3.68. The van der Waals surface area contributed by atoms with E-state index in [0.29, 0.717) is 10.6 Å². The minimum absolute atomic E-state index is 0.557. The zero-order valence-electron chi connectivity index (χ0n) is 8.41. The second kappa shape index (κ2) is 4.35. The van der Waals surface area contributed by atoms with Crippen LogP contribution in [-0.2, 0) is 9.84 Å². The number of nitrogens with zero attached hydrogens (tertiary/aromatic N) is 1. The molecule has 83 valence electrons. The first kappa shape index (κ1) is 11.3. The summed E-state index contributed by atoms with van der Waals surface area (Å²) in [5.74, 6) is 0. The molecule has 0 aliphatic carbocycles. The van der Waals surface area contributed by atoms with Gasteiger partial charge in [-0.05, 0) is 5.56 Å². The Morgan fingerprint density at radius 3 is 2.44 bits per heavy atom. The molecule has 0 fully saturated rings. The predicted molar refractivity (Wildman–Crippen MR) is 64.7 cm³/mol. The van der Waals surface area contributed by atoms with Gasteiger partial charge in [-0.2, -0.15) is 0 Å². The minimum atomic E-state index is -3.44. The van der Waals surface area contributed by atoms with Gasteiger partial charge in [0.1, 0.15) is 10.3 Å². The van der Waals surface area contributed by atoms with Gasteiger partial charge in [-0.3, -0.25) is 0 Å². The average molecular weight is 252 g/mol. The van der Waals surface area contributed by atoms with Crippen LogP contribution in [-0.4, -0.2) is 13.4 Å². The lowest BCUT2D eigenvalue weighted by atomic mass is 10.1. The molecule has 0 amide bonds. The van der Waals surface area contributed by atoms with Crippen LogP contribution in [0.25, 0.3) is 0 Å². The molecule has 1 atom stereocenters. The van der Waals surface area contributed by atoms with E-state index in [2.05, 4.69) is 11.2 Å². The van der Waals surface area contributed by atoms with Gasteiger partial charge in [0.2, 0.25) is 0 Å². The average Bonchev–Trinajstić information content (AvgIpc) is 2.71. The summed E-state index contributed by atoms with van der Waals surface area (Å²) >= 11 is 1.32. The van der Waals surface area contributed by atoms with Crippen LogP contribution >= 0.6 is 11.3 Å². The van der Waals surface area contributed by atoms with Crippen molar-refractivity contribution >= 4 is 21.2 Å². The number of hydrogen-bond donors (Lipinski definition) is 0. The van der Waals surface area contributed by atoms with Crippen molar-refractivity contribution in [2.45, 2.75) is 5.25 Å². The third kappa shape index (κ3) is 2.31. The van der Waals surface area contributed by atoms with Gasteiger partial charge in [-0.1, -0.05) is 30.3 Å². The van der Waals surface area contributed by atoms with E-state index in [9.17, 15) is 8.42 Å². The molecule has 0 spiro atoms. The molecule has 0 saturated heterocycles. The van der Waals surface area contributed by atoms with Crippen LogP contribution in [0.4, 0.5) is 0 Å². The van der Waals surface area contributed by atoms with E-state index in [-0.39, 0.29) is 0 Å². The summed E-state index contributed by atoms with van der Waals surface area (Å²) in [6, 6.07) is 9.00. The Morgan fingerprint density at radius 1 is 1.25 bits per heavy atom. The number of benzene rings is 1. The summed E-state index contributed by atoms with van der Waals surface area (Å²) in [4.78, 5) is 4.06. The molecule has 16 heavy (non-hydrogen) atoms. The van der Waals surface area contributed by atoms with Gasteiger partial charge in [-0.25, -0.2) is 13.4 Å². The van der Waals surface area contributed by atoms with E-state index in [1.54, 1.807) is 35.8 Å². The first-order valence-electron chi connectivity index (χ1n) is 4.60. The van der Waals surface area contributed by atoms with Crippen molar-refractivity contribution in [3.8, 4) is 0 Å². The second-order valence-corrected chi connectivity index (χ2v) is 6.05. The van der Waals surface area contributed by atoms with Crippen molar-refractivity contribution in [1.82, 2.24) is 4.98 Å². The Hall–Kier alpha value is -1.20. The molecule has 3 nitrogen and oxygen atoms in total. The highest BCUT2D eigenvalue weighted by Crippen LogP contribution is 2.31. The normalized spacial score (nSPS) is 13.6. The number of sulfone groups is 1. The van der Waals surface area contributed by atoms with E-state index in [4.69, 9.17) is 0 Å². The van der Waals surface area contributed by atoms with Crippen LogP contribution in [0.15, 0.2) is 41.9 Å². The molecule has 0 aliphatic heterocycles. The number of rotatable bonds is 3. The molecule has 0 N–H and O–H groups in total. The van der Waals surface area contributed by atoms with E-state index < -0.39 is 15.1 Å². The number of thiazole rings is 1. The zero-order chi connectivity index (χ0) is 11.6. The zero-order valence-corrected chi connectivity index (χ0v) is 10.0. The summed E-state index contributed by atoms with van der Waals surface area (Å²) in [6.07, 6.45) is 4.84. The number of hydrogen-bond acceptors (Lipinski definition) is 4. The summed E-state index contributed by atoms with van der Waals surface area (Å²) in [6.45, 7) is 0. The summed E-state index contributed by atoms with van der Waals surface area (Å²) in [5, 5.41) is 1.56. The molecule has 1 unspecified atom stereocenters. The monoisotopic (exact) mass is 252 g/mol. The van der Waals surface area contributed by atoms with Crippen LogP contribution in [0.2, 0.25) is 0 Å². The van der Waals surface area contributed by atoms with Crippen LogP contribution in [0.3, 0.4) is 0 Å². The van der Waals surface area contributed by atoms with Crippen LogP contribution in [0.1, 0.15) is 15.8 Å². The van der Waals surface area contributed by atoms with Crippen molar-refractivity contribution in [2.24, 2.45) is 0 Å². The lowest BCUT2D eigenvalue weighted by Crippen LogP contribution is -2.10. The molecule has 1 heterocycles. The predicted octanol–water partition coefficient (Wildman–Crippen LogP) is 2.44. The molecular formula is C11H10NO2S2. The van der Waals surface area contributed by atoms with Gasteiger partial charge in [0.05, 0.1) is 6.26 Å². The third-order valence-corrected chi connectivity index (χ3v) is 4.34. The SMILES string of the molecule is [CH2]S(=O)(=O)C(c1ccccc1)c1nccs1. The maximum absolute atomic E-state index is 11.7. The van der Waals surface area contributed by atoms with Gasteiger partial charge in [0.25, 0.3) is 0 Å². The topological polar surface area (TPSA) is 47.0 Å². The molecule has 2 aromatic rings. The molecule has 2 rings (SSSR count). The molecule has 0 saturated carbocycles. The summed E-state index contributed by atoms with van der Waals surface area (Å²) in [7, 11) is -3.44. The first-order chi connectivity index (χ1) is 7.59. The highest BCUT2D eigenvalue weighted by molar-refractivity contribution is 7.93. The van der Waals surface area contributed by atoms with Gasteiger partial charge < -0.3 is 0 Å². The fraction of sp³-hybridized carbons (Fsp3) is 0.0909. The van der Waals surface area contributed by atoms with Gasteiger partial charge in [-0.15, -0.1) is 11.3 Å². The Balaban J connectivity index is 2.54. The molecule has 0 bridgehead atoms.